The van der Waals surface area contributed by atoms with Crippen molar-refractivity contribution in [1.82, 2.24) is 4.90 Å². The summed E-state index contributed by atoms with van der Waals surface area (Å²) in [6.07, 6.45) is 0.402. The summed E-state index contributed by atoms with van der Waals surface area (Å²) in [7, 11) is 0. The van der Waals surface area contributed by atoms with Gasteiger partial charge in [0.15, 0.2) is 5.17 Å². The van der Waals surface area contributed by atoms with Gasteiger partial charge < -0.3 is 10.2 Å². The van der Waals surface area contributed by atoms with Crippen molar-refractivity contribution in [2.75, 3.05) is 18.4 Å². The second-order valence-corrected chi connectivity index (χ2v) is 5.92. The molecular weight excluding hydrogens is 270 g/mol. The molecule has 0 saturated heterocycles. The van der Waals surface area contributed by atoms with Crippen molar-refractivity contribution >= 4 is 28.5 Å². The van der Waals surface area contributed by atoms with E-state index >= 15 is 0 Å². The zero-order chi connectivity index (χ0) is 14.1. The number of thioether (sulfide) groups is 1. The van der Waals surface area contributed by atoms with Crippen LogP contribution in [-0.2, 0) is 4.79 Å². The van der Waals surface area contributed by atoms with Crippen LogP contribution in [-0.4, -0.2) is 29.1 Å². The molecule has 2 aliphatic heterocycles. The van der Waals surface area contributed by atoms with Crippen LogP contribution in [0.2, 0.25) is 0 Å². The average molecular weight is 287 g/mol. The van der Waals surface area contributed by atoms with Gasteiger partial charge in [-0.05, 0) is 36.4 Å². The summed E-state index contributed by atoms with van der Waals surface area (Å²) in [6.45, 7) is 5.76. The van der Waals surface area contributed by atoms with Gasteiger partial charge in [-0.2, -0.15) is 0 Å². The van der Waals surface area contributed by atoms with Crippen LogP contribution in [0.3, 0.4) is 0 Å². The van der Waals surface area contributed by atoms with Crippen molar-refractivity contribution in [1.29, 1.82) is 0 Å². The molecule has 0 unspecified atom stereocenters. The number of hydrogen-bond acceptors (Lipinski definition) is 4. The molecule has 1 aromatic carbocycles. The number of anilines is 1. The van der Waals surface area contributed by atoms with Crippen molar-refractivity contribution in [2.24, 2.45) is 4.99 Å². The maximum atomic E-state index is 12.2. The first kappa shape index (κ1) is 13.2. The number of nitrogens with zero attached hydrogens (tertiary/aromatic N) is 2. The van der Waals surface area contributed by atoms with Crippen LogP contribution in [0.15, 0.2) is 34.3 Å². The molecule has 5 heteroatoms. The average Bonchev–Trinajstić information content (AvgIpc) is 2.99. The molecule has 1 aromatic rings. The molecule has 104 valence electrons. The summed E-state index contributed by atoms with van der Waals surface area (Å²) in [5.41, 5.74) is 4.18. The fraction of sp³-hybridized carbons (Fsp3) is 0.333. The Bertz CT molecular complexity index is 622. The SMILES string of the molecule is Cc1ccc(C)c(NC(=O)CC2=CSC3=NCCN23)c1. The van der Waals surface area contributed by atoms with Gasteiger partial charge in [-0.3, -0.25) is 9.79 Å². The minimum atomic E-state index is 0.0266. The summed E-state index contributed by atoms with van der Waals surface area (Å²) < 4.78 is 0. The zero-order valence-electron chi connectivity index (χ0n) is 11.6. The van der Waals surface area contributed by atoms with Crippen LogP contribution >= 0.6 is 11.8 Å². The monoisotopic (exact) mass is 287 g/mol. The smallest absolute Gasteiger partial charge is 0.230 e. The van der Waals surface area contributed by atoms with E-state index in [0.717, 1.165) is 40.8 Å². The number of amides is 1. The van der Waals surface area contributed by atoms with Crippen LogP contribution in [0.25, 0.3) is 0 Å². The number of rotatable bonds is 3. The second kappa shape index (κ2) is 5.32. The van der Waals surface area contributed by atoms with E-state index < -0.39 is 0 Å². The summed E-state index contributed by atoms with van der Waals surface area (Å²) in [6, 6.07) is 6.09. The highest BCUT2D eigenvalue weighted by Gasteiger charge is 2.27. The normalized spacial score (nSPS) is 16.8. The Hall–Kier alpha value is -1.75. The molecule has 2 aliphatic rings. The number of carbonyl (C=O) groups is 1. The Labute approximate surface area is 123 Å². The lowest BCUT2D eigenvalue weighted by molar-refractivity contribution is -0.115. The first-order valence-corrected chi connectivity index (χ1v) is 7.56. The Kier molecular flexibility index (Phi) is 3.53. The topological polar surface area (TPSA) is 44.7 Å². The number of aryl methyl sites for hydroxylation is 2. The first-order chi connectivity index (χ1) is 9.63. The highest BCUT2D eigenvalue weighted by atomic mass is 32.2. The highest BCUT2D eigenvalue weighted by Crippen LogP contribution is 2.31. The van der Waals surface area contributed by atoms with Crippen LogP contribution in [0.1, 0.15) is 17.5 Å². The number of amidine groups is 1. The molecule has 3 rings (SSSR count). The Balaban J connectivity index is 1.66. The number of hydrogen-bond donors (Lipinski definition) is 1. The first-order valence-electron chi connectivity index (χ1n) is 6.68. The molecule has 0 aromatic heterocycles. The largest absolute Gasteiger partial charge is 0.326 e. The highest BCUT2D eigenvalue weighted by molar-refractivity contribution is 8.16. The molecule has 1 amide bonds. The van der Waals surface area contributed by atoms with E-state index in [1.54, 1.807) is 11.8 Å². The van der Waals surface area contributed by atoms with Crippen LogP contribution in [0.4, 0.5) is 5.69 Å². The number of benzene rings is 1. The summed E-state index contributed by atoms with van der Waals surface area (Å²) in [5.74, 6) is 0.0266. The van der Waals surface area contributed by atoms with Crippen molar-refractivity contribution in [3.63, 3.8) is 0 Å². The predicted molar refractivity (Wildman–Crippen MR) is 83.8 cm³/mol. The molecule has 1 N–H and O–H groups in total. The Morgan fingerprint density at radius 1 is 1.45 bits per heavy atom. The maximum Gasteiger partial charge on any atom is 0.230 e. The molecule has 0 fully saturated rings. The third-order valence-electron chi connectivity index (χ3n) is 3.46. The van der Waals surface area contributed by atoms with Crippen LogP contribution in [0.5, 0.6) is 0 Å². The molecule has 4 nitrogen and oxygen atoms in total. The van der Waals surface area contributed by atoms with E-state index in [4.69, 9.17) is 0 Å². The summed E-state index contributed by atoms with van der Waals surface area (Å²) >= 11 is 1.61. The molecular formula is C15H17N3OS. The minimum absolute atomic E-state index is 0.0266. The number of nitrogens with one attached hydrogen (secondary N) is 1. The van der Waals surface area contributed by atoms with E-state index in [1.807, 2.05) is 37.5 Å². The molecule has 0 bridgehead atoms. The number of carbonyl (C=O) groups excluding carboxylic acids is 1. The fourth-order valence-electron chi connectivity index (χ4n) is 2.34. The van der Waals surface area contributed by atoms with Gasteiger partial charge in [-0.15, -0.1) is 0 Å². The zero-order valence-corrected chi connectivity index (χ0v) is 12.5. The maximum absolute atomic E-state index is 12.2. The standard InChI is InChI=1S/C15H17N3OS/c1-10-3-4-11(2)13(7-10)17-14(19)8-12-9-20-15-16-5-6-18(12)15/h3-4,7,9H,5-6,8H2,1-2H3,(H,17,19). The van der Waals surface area contributed by atoms with Crippen molar-refractivity contribution < 1.29 is 4.79 Å². The summed E-state index contributed by atoms with van der Waals surface area (Å²) in [5, 5.41) is 6.06. The van der Waals surface area contributed by atoms with Gasteiger partial charge in [0.25, 0.3) is 0 Å². The fourth-order valence-corrected chi connectivity index (χ4v) is 3.30. The molecule has 0 radical (unpaired) electrons. The Morgan fingerprint density at radius 2 is 2.30 bits per heavy atom. The lowest BCUT2D eigenvalue weighted by Crippen LogP contribution is -2.24. The van der Waals surface area contributed by atoms with Gasteiger partial charge in [0.1, 0.15) is 0 Å². The van der Waals surface area contributed by atoms with Crippen molar-refractivity contribution in [3.8, 4) is 0 Å². The molecule has 2 heterocycles. The Morgan fingerprint density at radius 3 is 3.15 bits per heavy atom. The quantitative estimate of drug-likeness (QED) is 0.929. The summed E-state index contributed by atoms with van der Waals surface area (Å²) in [4.78, 5) is 18.7. The molecule has 20 heavy (non-hydrogen) atoms. The minimum Gasteiger partial charge on any atom is -0.326 e. The van der Waals surface area contributed by atoms with E-state index in [0.29, 0.717) is 6.42 Å². The van der Waals surface area contributed by atoms with Crippen LogP contribution in [0, 0.1) is 13.8 Å². The van der Waals surface area contributed by atoms with Gasteiger partial charge in [-0.25, -0.2) is 0 Å². The predicted octanol–water partition coefficient (Wildman–Crippen LogP) is 2.89. The van der Waals surface area contributed by atoms with Crippen molar-refractivity contribution in [2.45, 2.75) is 20.3 Å². The molecule has 0 saturated carbocycles. The van der Waals surface area contributed by atoms with Gasteiger partial charge in [0.2, 0.25) is 5.91 Å². The third-order valence-corrected chi connectivity index (χ3v) is 4.41. The molecule has 0 aliphatic carbocycles. The van der Waals surface area contributed by atoms with E-state index in [2.05, 4.69) is 15.2 Å². The molecule has 0 atom stereocenters. The van der Waals surface area contributed by atoms with Gasteiger partial charge in [-0.1, -0.05) is 23.9 Å². The lowest BCUT2D eigenvalue weighted by Gasteiger charge is -2.16. The second-order valence-electron chi connectivity index (χ2n) is 5.09. The lowest BCUT2D eigenvalue weighted by atomic mass is 10.1. The van der Waals surface area contributed by atoms with Crippen LogP contribution < -0.4 is 5.32 Å². The van der Waals surface area contributed by atoms with E-state index in [9.17, 15) is 4.79 Å². The number of aliphatic imine (C=N–C) groups is 1. The van der Waals surface area contributed by atoms with E-state index in [-0.39, 0.29) is 5.91 Å². The van der Waals surface area contributed by atoms with Gasteiger partial charge in [0, 0.05) is 17.9 Å². The van der Waals surface area contributed by atoms with Gasteiger partial charge in [0.05, 0.1) is 13.0 Å². The number of fused-ring (bicyclic) bond motifs is 1. The molecule has 0 spiro atoms. The van der Waals surface area contributed by atoms with Crippen molar-refractivity contribution in [3.05, 3.63) is 40.4 Å². The van der Waals surface area contributed by atoms with E-state index in [1.165, 1.54) is 0 Å². The third kappa shape index (κ3) is 2.58. The van der Waals surface area contributed by atoms with Gasteiger partial charge >= 0.3 is 0 Å².